The summed E-state index contributed by atoms with van der Waals surface area (Å²) in [5.41, 5.74) is 0.370. The molecule has 0 aromatic heterocycles. The fourth-order valence-corrected chi connectivity index (χ4v) is 3.56. The fraction of sp³-hybridized carbons (Fsp3) is 0.933. The van der Waals surface area contributed by atoms with Gasteiger partial charge in [0.15, 0.2) is 0 Å². The molecule has 2 fully saturated rings. The Labute approximate surface area is 106 Å². The van der Waals surface area contributed by atoms with Crippen molar-refractivity contribution >= 4 is 5.78 Å². The minimum atomic E-state index is 0.296. The molecule has 0 radical (unpaired) electrons. The molecule has 2 heteroatoms. The summed E-state index contributed by atoms with van der Waals surface area (Å²) < 4.78 is 0. The van der Waals surface area contributed by atoms with Crippen LogP contribution in [0.15, 0.2) is 0 Å². The summed E-state index contributed by atoms with van der Waals surface area (Å²) in [5.74, 6) is 0.804. The lowest BCUT2D eigenvalue weighted by Gasteiger charge is -2.37. The Morgan fingerprint density at radius 3 is 2.59 bits per heavy atom. The lowest BCUT2D eigenvalue weighted by Crippen LogP contribution is -2.40. The van der Waals surface area contributed by atoms with Crippen molar-refractivity contribution in [3.8, 4) is 0 Å². The molecule has 0 amide bonds. The molecule has 98 valence electrons. The zero-order chi connectivity index (χ0) is 12.5. The van der Waals surface area contributed by atoms with Crippen LogP contribution < -0.4 is 0 Å². The molecule has 0 heterocycles. The predicted octanol–water partition coefficient (Wildman–Crippen LogP) is 3.26. The van der Waals surface area contributed by atoms with Crippen LogP contribution in [0, 0.1) is 11.3 Å². The molecule has 0 bridgehead atoms. The van der Waals surface area contributed by atoms with Crippen LogP contribution in [0.1, 0.15) is 58.8 Å². The minimum Gasteiger partial charge on any atom is -0.303 e. The number of rotatable bonds is 3. The largest absolute Gasteiger partial charge is 0.303 e. The highest BCUT2D eigenvalue weighted by atomic mass is 16.1. The third-order valence-corrected chi connectivity index (χ3v) is 4.76. The van der Waals surface area contributed by atoms with Crippen molar-refractivity contribution in [1.82, 2.24) is 4.90 Å². The number of hydrogen-bond donors (Lipinski definition) is 0. The average Bonchev–Trinajstić information content (AvgIpc) is 2.76. The molecule has 0 aromatic carbocycles. The van der Waals surface area contributed by atoms with E-state index in [1.54, 1.807) is 0 Å². The van der Waals surface area contributed by atoms with Crippen LogP contribution in [-0.2, 0) is 4.79 Å². The van der Waals surface area contributed by atoms with Crippen LogP contribution in [0.25, 0.3) is 0 Å². The molecule has 0 N–H and O–H groups in total. The van der Waals surface area contributed by atoms with Gasteiger partial charge in [0, 0.05) is 24.9 Å². The summed E-state index contributed by atoms with van der Waals surface area (Å²) in [6.45, 7) is 5.61. The first-order chi connectivity index (χ1) is 7.98. The smallest absolute Gasteiger partial charge is 0.137 e. The molecule has 1 unspecified atom stereocenters. The topological polar surface area (TPSA) is 20.3 Å². The highest BCUT2D eigenvalue weighted by molar-refractivity contribution is 5.82. The Bertz CT molecular complexity index is 279. The number of carbonyl (C=O) groups is 1. The second-order valence-electron chi connectivity index (χ2n) is 6.91. The van der Waals surface area contributed by atoms with Gasteiger partial charge in [0.05, 0.1) is 0 Å². The zero-order valence-electron chi connectivity index (χ0n) is 11.7. The standard InChI is InChI=1S/C15H27NO/c1-15(2)9-8-14(17)12(10-15)11-16(3)13-6-4-5-7-13/h12-13H,4-11H2,1-3H3. The first-order valence-electron chi connectivity index (χ1n) is 7.21. The monoisotopic (exact) mass is 237 g/mol. The van der Waals surface area contributed by atoms with Gasteiger partial charge in [0.1, 0.15) is 5.78 Å². The normalized spacial score (nSPS) is 30.1. The van der Waals surface area contributed by atoms with Crippen molar-refractivity contribution in [2.24, 2.45) is 11.3 Å². The van der Waals surface area contributed by atoms with Crippen LogP contribution in [0.3, 0.4) is 0 Å². The number of carbonyl (C=O) groups excluding carboxylic acids is 1. The minimum absolute atomic E-state index is 0.296. The van der Waals surface area contributed by atoms with Crippen molar-refractivity contribution in [1.29, 1.82) is 0 Å². The van der Waals surface area contributed by atoms with Gasteiger partial charge in [-0.2, -0.15) is 0 Å². The molecule has 1 atom stereocenters. The molecule has 2 aliphatic rings. The molecular weight excluding hydrogens is 210 g/mol. The molecule has 0 saturated heterocycles. The Morgan fingerprint density at radius 2 is 1.94 bits per heavy atom. The van der Waals surface area contributed by atoms with Gasteiger partial charge < -0.3 is 4.90 Å². The third-order valence-electron chi connectivity index (χ3n) is 4.76. The molecule has 0 aromatic rings. The Morgan fingerprint density at radius 1 is 1.29 bits per heavy atom. The average molecular weight is 237 g/mol. The highest BCUT2D eigenvalue weighted by Gasteiger charge is 2.35. The molecule has 0 aliphatic heterocycles. The van der Waals surface area contributed by atoms with E-state index in [1.807, 2.05) is 0 Å². The van der Waals surface area contributed by atoms with E-state index in [1.165, 1.54) is 25.7 Å². The quantitative estimate of drug-likeness (QED) is 0.751. The van der Waals surface area contributed by atoms with Gasteiger partial charge in [-0.25, -0.2) is 0 Å². The van der Waals surface area contributed by atoms with Gasteiger partial charge in [-0.1, -0.05) is 26.7 Å². The summed E-state index contributed by atoms with van der Waals surface area (Å²) in [6, 6.07) is 0.743. The van der Waals surface area contributed by atoms with Crippen molar-refractivity contribution in [3.63, 3.8) is 0 Å². The molecular formula is C15H27NO. The molecule has 0 spiro atoms. The zero-order valence-corrected chi connectivity index (χ0v) is 11.7. The molecule has 2 nitrogen and oxygen atoms in total. The fourth-order valence-electron chi connectivity index (χ4n) is 3.56. The van der Waals surface area contributed by atoms with E-state index in [0.29, 0.717) is 17.1 Å². The lowest BCUT2D eigenvalue weighted by molar-refractivity contribution is -0.127. The second kappa shape index (κ2) is 5.09. The summed E-state index contributed by atoms with van der Waals surface area (Å²) in [5, 5.41) is 0. The number of nitrogens with zero attached hydrogens (tertiary/aromatic N) is 1. The summed E-state index contributed by atoms with van der Waals surface area (Å²) in [6.07, 6.45) is 8.38. The summed E-state index contributed by atoms with van der Waals surface area (Å²) >= 11 is 0. The van der Waals surface area contributed by atoms with Crippen LogP contribution in [0.2, 0.25) is 0 Å². The van der Waals surface area contributed by atoms with Crippen molar-refractivity contribution < 1.29 is 4.79 Å². The number of hydrogen-bond acceptors (Lipinski definition) is 2. The Hall–Kier alpha value is -0.370. The van der Waals surface area contributed by atoms with Crippen LogP contribution in [0.5, 0.6) is 0 Å². The molecule has 2 aliphatic carbocycles. The predicted molar refractivity (Wildman–Crippen MR) is 71.0 cm³/mol. The van der Waals surface area contributed by atoms with Gasteiger partial charge in [0.25, 0.3) is 0 Å². The molecule has 17 heavy (non-hydrogen) atoms. The van der Waals surface area contributed by atoms with E-state index in [9.17, 15) is 4.79 Å². The van der Waals surface area contributed by atoms with Crippen LogP contribution in [-0.4, -0.2) is 30.3 Å². The maximum absolute atomic E-state index is 12.0. The number of Topliss-reactive ketones (excluding diaryl/α,β-unsaturated/α-hetero) is 1. The van der Waals surface area contributed by atoms with Gasteiger partial charge >= 0.3 is 0 Å². The summed E-state index contributed by atoms with van der Waals surface area (Å²) in [7, 11) is 2.21. The van der Waals surface area contributed by atoms with Crippen molar-refractivity contribution in [3.05, 3.63) is 0 Å². The lowest BCUT2D eigenvalue weighted by atomic mass is 9.71. The first-order valence-corrected chi connectivity index (χ1v) is 7.21. The van der Waals surface area contributed by atoms with Gasteiger partial charge in [-0.05, 0) is 38.1 Å². The summed E-state index contributed by atoms with van der Waals surface area (Å²) in [4.78, 5) is 14.5. The van der Waals surface area contributed by atoms with Gasteiger partial charge in [0.2, 0.25) is 0 Å². The highest BCUT2D eigenvalue weighted by Crippen LogP contribution is 2.37. The maximum atomic E-state index is 12.0. The Kier molecular flexibility index (Phi) is 3.92. The van der Waals surface area contributed by atoms with E-state index in [-0.39, 0.29) is 0 Å². The van der Waals surface area contributed by atoms with Gasteiger partial charge in [-0.15, -0.1) is 0 Å². The van der Waals surface area contributed by atoms with E-state index >= 15 is 0 Å². The van der Waals surface area contributed by atoms with Crippen LogP contribution in [0.4, 0.5) is 0 Å². The Balaban J connectivity index is 1.89. The van der Waals surface area contributed by atoms with E-state index in [0.717, 1.165) is 31.8 Å². The van der Waals surface area contributed by atoms with E-state index < -0.39 is 0 Å². The molecule has 2 saturated carbocycles. The van der Waals surface area contributed by atoms with Gasteiger partial charge in [-0.3, -0.25) is 4.79 Å². The van der Waals surface area contributed by atoms with E-state index in [4.69, 9.17) is 0 Å². The van der Waals surface area contributed by atoms with Crippen LogP contribution >= 0.6 is 0 Å². The maximum Gasteiger partial charge on any atom is 0.137 e. The van der Waals surface area contributed by atoms with Crippen molar-refractivity contribution in [2.45, 2.75) is 64.8 Å². The second-order valence-corrected chi connectivity index (χ2v) is 6.91. The molecule has 2 rings (SSSR count). The first kappa shape index (κ1) is 13.1. The van der Waals surface area contributed by atoms with Crippen molar-refractivity contribution in [2.75, 3.05) is 13.6 Å². The number of ketones is 1. The van der Waals surface area contributed by atoms with E-state index in [2.05, 4.69) is 25.8 Å². The SMILES string of the molecule is CN(CC1CC(C)(C)CCC1=O)C1CCCC1. The third kappa shape index (κ3) is 3.31.